The van der Waals surface area contributed by atoms with Crippen LogP contribution in [0.4, 0.5) is 0 Å². The number of benzene rings is 1. The molecule has 208 valence electrons. The van der Waals surface area contributed by atoms with E-state index in [-0.39, 0.29) is 29.9 Å². The molecule has 9 heteroatoms. The van der Waals surface area contributed by atoms with Gasteiger partial charge in [0.2, 0.25) is 5.91 Å². The van der Waals surface area contributed by atoms with E-state index in [1.807, 2.05) is 6.92 Å². The van der Waals surface area contributed by atoms with E-state index in [0.29, 0.717) is 5.56 Å². The number of hydrogen-bond acceptors (Lipinski definition) is 8. The summed E-state index contributed by atoms with van der Waals surface area (Å²) in [7, 11) is 0. The molecule has 0 bridgehead atoms. The van der Waals surface area contributed by atoms with Crippen molar-refractivity contribution in [1.82, 2.24) is 0 Å². The Bertz CT molecular complexity index is 1210. The highest BCUT2D eigenvalue weighted by molar-refractivity contribution is 6.09. The Balaban J connectivity index is 2.13. The smallest absolute Gasteiger partial charge is 0.230 e. The second-order valence-corrected chi connectivity index (χ2v) is 12.3. The summed E-state index contributed by atoms with van der Waals surface area (Å²) in [6.45, 7) is 10.5. The van der Waals surface area contributed by atoms with Crippen LogP contribution in [0.2, 0.25) is 0 Å². The minimum Gasteiger partial charge on any atom is -0.507 e. The summed E-state index contributed by atoms with van der Waals surface area (Å²) < 4.78 is 0. The normalized spacial score (nSPS) is 42.3. The van der Waals surface area contributed by atoms with Gasteiger partial charge >= 0.3 is 0 Å². The quantitative estimate of drug-likeness (QED) is 0.358. The third-order valence-corrected chi connectivity index (χ3v) is 10.6. The summed E-state index contributed by atoms with van der Waals surface area (Å²) in [5, 5.41) is 46.5. The van der Waals surface area contributed by atoms with Gasteiger partial charge in [0, 0.05) is 18.3 Å². The molecule has 0 radical (unpaired) electrons. The van der Waals surface area contributed by atoms with Crippen molar-refractivity contribution in [2.75, 3.05) is 0 Å². The monoisotopic (exact) mass is 529 g/mol. The molecule has 9 nitrogen and oxygen atoms in total. The molecule has 0 heterocycles. The molecule has 4 rings (SSSR count). The van der Waals surface area contributed by atoms with Crippen LogP contribution < -0.4 is 5.73 Å². The van der Waals surface area contributed by atoms with Gasteiger partial charge in [-0.25, -0.2) is 0 Å². The fourth-order valence-electron chi connectivity index (χ4n) is 8.74. The number of nitrogens with two attached hydrogens (primary N) is 1. The number of ketones is 3. The highest BCUT2D eigenvalue weighted by atomic mass is 16.4. The molecule has 3 aliphatic rings. The molecule has 0 saturated heterocycles. The average Bonchev–Trinajstić information content (AvgIpc) is 2.82. The van der Waals surface area contributed by atoms with Gasteiger partial charge in [0.1, 0.15) is 23.6 Å². The van der Waals surface area contributed by atoms with Gasteiger partial charge in [-0.1, -0.05) is 53.7 Å². The number of Topliss-reactive ketones (excluding diaryl/α,β-unsaturated/α-hetero) is 3. The molecule has 6 N–H and O–H groups in total. The van der Waals surface area contributed by atoms with E-state index in [0.717, 1.165) is 0 Å². The fraction of sp³-hybridized carbons (Fsp3) is 0.655. The van der Waals surface area contributed by atoms with Crippen molar-refractivity contribution in [3.8, 4) is 5.75 Å². The highest BCUT2D eigenvalue weighted by Gasteiger charge is 2.79. The van der Waals surface area contributed by atoms with E-state index in [9.17, 15) is 39.6 Å². The summed E-state index contributed by atoms with van der Waals surface area (Å²) >= 11 is 0. The third-order valence-electron chi connectivity index (χ3n) is 10.6. The predicted molar refractivity (Wildman–Crippen MR) is 137 cm³/mol. The maximum absolute atomic E-state index is 14.1. The number of aromatic hydroxyl groups is 1. The molecular formula is C29H39NO8. The number of phenolic OH excluding ortho intramolecular Hbond substituents is 1. The predicted octanol–water partition coefficient (Wildman–Crippen LogP) is 1.73. The van der Waals surface area contributed by atoms with Crippen molar-refractivity contribution in [3.63, 3.8) is 0 Å². The van der Waals surface area contributed by atoms with Crippen LogP contribution in [0.5, 0.6) is 5.75 Å². The molecule has 2 saturated carbocycles. The number of aliphatic hydroxyl groups excluding tert-OH is 2. The van der Waals surface area contributed by atoms with Gasteiger partial charge in [-0.3, -0.25) is 19.2 Å². The zero-order valence-electron chi connectivity index (χ0n) is 22.8. The number of fused-ring (bicyclic) bond motifs is 3. The molecule has 10 atom stereocenters. The van der Waals surface area contributed by atoms with Crippen LogP contribution in [0.3, 0.4) is 0 Å². The van der Waals surface area contributed by atoms with Gasteiger partial charge in [0.05, 0.1) is 17.6 Å². The summed E-state index contributed by atoms with van der Waals surface area (Å²) in [4.78, 5) is 53.6. The van der Waals surface area contributed by atoms with Gasteiger partial charge in [0.15, 0.2) is 17.2 Å². The standard InChI is InChI=1S/C29H39NO8/c1-7-14(31)11-17-27(5)13(4)15-9-8-10-16(32)18(15)22(33)21(27)25(36)29(38)24(35)19(26(30)37)23(34)20(12(2)3)28(17,29)6/h8-10,12-13,17,19-21,23,25,32,34,36,38H,7,11H2,1-6H3,(H2,30,37)/t13-,17-,19-,20+,21-,23?,25?,27-,28-,29+/m1/s1. The lowest BCUT2D eigenvalue weighted by Crippen LogP contribution is -2.82. The van der Waals surface area contributed by atoms with E-state index in [1.165, 1.54) is 6.07 Å². The topological polar surface area (TPSA) is 175 Å². The average molecular weight is 530 g/mol. The number of aliphatic hydroxyl groups is 3. The Kier molecular flexibility index (Phi) is 6.70. The van der Waals surface area contributed by atoms with Crippen LogP contribution in [0.1, 0.15) is 76.2 Å². The lowest BCUT2D eigenvalue weighted by molar-refractivity contribution is -0.292. The Morgan fingerprint density at radius 2 is 1.74 bits per heavy atom. The van der Waals surface area contributed by atoms with Crippen molar-refractivity contribution >= 4 is 23.3 Å². The number of amides is 1. The number of rotatable bonds is 5. The SMILES string of the molecule is CCC(=O)C[C@@H]1[C@@]2(C)[C@H](C)c3cccc(O)c3C(=O)[C@@H]2C(O)[C@@]2(O)C(=O)[C@H](C(N)=O)C(O)[C@H](C(C)C)[C@@]12C. The van der Waals surface area contributed by atoms with Crippen LogP contribution in [0.15, 0.2) is 18.2 Å². The van der Waals surface area contributed by atoms with Gasteiger partial charge in [0.25, 0.3) is 0 Å². The fourth-order valence-corrected chi connectivity index (χ4v) is 8.74. The molecular weight excluding hydrogens is 490 g/mol. The maximum atomic E-state index is 14.1. The lowest BCUT2D eigenvalue weighted by atomic mass is 9.33. The Morgan fingerprint density at radius 1 is 1.13 bits per heavy atom. The Morgan fingerprint density at radius 3 is 2.26 bits per heavy atom. The first-order valence-corrected chi connectivity index (χ1v) is 13.3. The lowest BCUT2D eigenvalue weighted by Gasteiger charge is -2.71. The van der Waals surface area contributed by atoms with Crippen LogP contribution in [-0.2, 0) is 14.4 Å². The van der Waals surface area contributed by atoms with E-state index < -0.39 is 81.6 Å². The van der Waals surface area contributed by atoms with Crippen molar-refractivity contribution in [3.05, 3.63) is 29.3 Å². The van der Waals surface area contributed by atoms with E-state index in [1.54, 1.807) is 46.8 Å². The summed E-state index contributed by atoms with van der Waals surface area (Å²) in [6, 6.07) is 4.70. The van der Waals surface area contributed by atoms with Crippen molar-refractivity contribution in [2.45, 2.75) is 78.1 Å². The Labute approximate surface area is 222 Å². The minimum absolute atomic E-state index is 0.00412. The second kappa shape index (κ2) is 8.96. The van der Waals surface area contributed by atoms with Crippen molar-refractivity contribution in [1.29, 1.82) is 0 Å². The van der Waals surface area contributed by atoms with Crippen molar-refractivity contribution < 1.29 is 39.6 Å². The molecule has 0 aliphatic heterocycles. The highest BCUT2D eigenvalue weighted by Crippen LogP contribution is 2.71. The van der Waals surface area contributed by atoms with Gasteiger partial charge < -0.3 is 26.2 Å². The first-order chi connectivity index (χ1) is 17.5. The largest absolute Gasteiger partial charge is 0.507 e. The number of phenols is 1. The van der Waals surface area contributed by atoms with Crippen LogP contribution in [0, 0.1) is 40.4 Å². The number of hydrogen-bond donors (Lipinski definition) is 5. The minimum atomic E-state index is -2.68. The molecule has 2 unspecified atom stereocenters. The summed E-state index contributed by atoms with van der Waals surface area (Å²) in [5.74, 6) is -9.28. The molecule has 38 heavy (non-hydrogen) atoms. The van der Waals surface area contributed by atoms with E-state index >= 15 is 0 Å². The number of carbonyl (C=O) groups excluding carboxylic acids is 4. The molecule has 1 aromatic carbocycles. The van der Waals surface area contributed by atoms with Gasteiger partial charge in [-0.15, -0.1) is 0 Å². The summed E-state index contributed by atoms with van der Waals surface area (Å²) in [6.07, 6.45) is -3.51. The molecule has 2 fully saturated rings. The first kappa shape index (κ1) is 28.4. The maximum Gasteiger partial charge on any atom is 0.230 e. The van der Waals surface area contributed by atoms with Crippen molar-refractivity contribution in [2.24, 2.45) is 46.2 Å². The summed E-state index contributed by atoms with van der Waals surface area (Å²) in [5.41, 5.74) is 0.615. The molecule has 0 aromatic heterocycles. The second-order valence-electron chi connectivity index (χ2n) is 12.3. The molecule has 1 aromatic rings. The van der Waals surface area contributed by atoms with Crippen LogP contribution in [0.25, 0.3) is 0 Å². The molecule has 0 spiro atoms. The van der Waals surface area contributed by atoms with Crippen LogP contribution in [-0.4, -0.2) is 61.5 Å². The van der Waals surface area contributed by atoms with Gasteiger partial charge in [-0.05, 0) is 40.7 Å². The zero-order valence-corrected chi connectivity index (χ0v) is 22.8. The van der Waals surface area contributed by atoms with Gasteiger partial charge in [-0.2, -0.15) is 0 Å². The van der Waals surface area contributed by atoms with E-state index in [4.69, 9.17) is 5.73 Å². The number of carbonyl (C=O) groups is 4. The molecule has 3 aliphatic carbocycles. The number of primary amides is 1. The Hall–Kier alpha value is -2.62. The first-order valence-electron chi connectivity index (χ1n) is 13.3. The zero-order chi connectivity index (χ0) is 28.7. The third kappa shape index (κ3) is 3.21. The molecule has 1 amide bonds. The van der Waals surface area contributed by atoms with E-state index in [2.05, 4.69) is 0 Å². The van der Waals surface area contributed by atoms with Crippen LogP contribution >= 0.6 is 0 Å².